The van der Waals surface area contributed by atoms with Crippen molar-refractivity contribution in [2.75, 3.05) is 36.1 Å². The van der Waals surface area contributed by atoms with Gasteiger partial charge in [0, 0.05) is 30.7 Å². The summed E-state index contributed by atoms with van der Waals surface area (Å²) in [4.78, 5) is 14.2. The van der Waals surface area contributed by atoms with Gasteiger partial charge in [-0.15, -0.1) is 23.5 Å². The minimum Gasteiger partial charge on any atom is -0.484 e. The molecule has 0 unspecified atom stereocenters. The van der Waals surface area contributed by atoms with E-state index in [2.05, 4.69) is 27.6 Å². The zero-order chi connectivity index (χ0) is 20.6. The summed E-state index contributed by atoms with van der Waals surface area (Å²) in [6.45, 7) is 1.97. The fraction of sp³-hybridized carbons (Fsp3) is 0.455. The highest BCUT2D eigenvalue weighted by Crippen LogP contribution is 2.45. The monoisotopic (exact) mass is 445 g/mol. The Morgan fingerprint density at radius 3 is 2.57 bits per heavy atom. The van der Waals surface area contributed by atoms with E-state index in [0.717, 1.165) is 19.0 Å². The van der Waals surface area contributed by atoms with Gasteiger partial charge in [-0.2, -0.15) is 5.10 Å². The summed E-state index contributed by atoms with van der Waals surface area (Å²) in [6, 6.07) is 11.8. The second-order valence-corrected chi connectivity index (χ2v) is 10.0. The zero-order valence-corrected chi connectivity index (χ0v) is 18.6. The Morgan fingerprint density at radius 1 is 1.10 bits per heavy atom. The van der Waals surface area contributed by atoms with Crippen LogP contribution in [0.25, 0.3) is 0 Å². The lowest BCUT2D eigenvalue weighted by Gasteiger charge is -2.18. The molecule has 30 heavy (non-hydrogen) atoms. The Kier molecular flexibility index (Phi) is 7.64. The highest BCUT2D eigenvalue weighted by atomic mass is 32.2. The third kappa shape index (κ3) is 5.98. The smallest absolute Gasteiger partial charge is 0.277 e. The molecular formula is C22H27N3O3S2. The van der Waals surface area contributed by atoms with Crippen LogP contribution in [0.4, 0.5) is 5.88 Å². The van der Waals surface area contributed by atoms with E-state index >= 15 is 0 Å². The van der Waals surface area contributed by atoms with Gasteiger partial charge in [-0.1, -0.05) is 25.0 Å². The highest BCUT2D eigenvalue weighted by Gasteiger charge is 2.18. The Bertz CT molecular complexity index is 840. The van der Waals surface area contributed by atoms with E-state index in [1.165, 1.54) is 49.0 Å². The number of carbonyl (C=O) groups excluding carboxylic acids is 1. The SMILES string of the molecule is O=C(COc1ccc(C2SCCS2)cc1)N/N=C\c1ccc(N2CCCCCC2)o1. The van der Waals surface area contributed by atoms with E-state index in [-0.39, 0.29) is 12.5 Å². The normalized spacial score (nSPS) is 17.9. The van der Waals surface area contributed by atoms with Gasteiger partial charge in [-0.25, -0.2) is 5.43 Å². The summed E-state index contributed by atoms with van der Waals surface area (Å²) < 4.78 is 11.9. The van der Waals surface area contributed by atoms with Crippen LogP contribution in [0, 0.1) is 0 Å². The molecule has 2 saturated heterocycles. The number of hydrogen-bond acceptors (Lipinski definition) is 7. The molecule has 2 aliphatic heterocycles. The molecule has 0 aliphatic carbocycles. The van der Waals surface area contributed by atoms with E-state index in [1.807, 2.05) is 47.8 Å². The van der Waals surface area contributed by atoms with Gasteiger partial charge >= 0.3 is 0 Å². The number of rotatable bonds is 7. The van der Waals surface area contributed by atoms with Gasteiger partial charge in [0.15, 0.2) is 12.5 Å². The molecule has 0 bridgehead atoms. The van der Waals surface area contributed by atoms with Crippen molar-refractivity contribution in [3.05, 3.63) is 47.7 Å². The summed E-state index contributed by atoms with van der Waals surface area (Å²) in [7, 11) is 0. The number of amides is 1. The number of furan rings is 1. The third-order valence-corrected chi connectivity index (χ3v) is 8.16. The number of hydrogen-bond donors (Lipinski definition) is 1. The van der Waals surface area contributed by atoms with Crippen molar-refractivity contribution in [1.29, 1.82) is 0 Å². The Labute approximate surface area is 185 Å². The van der Waals surface area contributed by atoms with Gasteiger partial charge in [0.05, 0.1) is 10.8 Å². The van der Waals surface area contributed by atoms with Crippen molar-refractivity contribution in [2.24, 2.45) is 5.10 Å². The van der Waals surface area contributed by atoms with Crippen LogP contribution in [-0.2, 0) is 4.79 Å². The first kappa shape index (κ1) is 21.2. The van der Waals surface area contributed by atoms with Crippen molar-refractivity contribution < 1.29 is 13.9 Å². The quantitative estimate of drug-likeness (QED) is 0.494. The summed E-state index contributed by atoms with van der Waals surface area (Å²) >= 11 is 3.94. The molecule has 2 fully saturated rings. The molecule has 2 aliphatic rings. The number of benzene rings is 1. The lowest BCUT2D eigenvalue weighted by molar-refractivity contribution is -0.123. The first-order valence-electron chi connectivity index (χ1n) is 10.4. The summed E-state index contributed by atoms with van der Waals surface area (Å²) in [6.07, 6.45) is 6.47. The van der Waals surface area contributed by atoms with Crippen LogP contribution < -0.4 is 15.1 Å². The van der Waals surface area contributed by atoms with Gasteiger partial charge in [0.1, 0.15) is 11.5 Å². The predicted molar refractivity (Wildman–Crippen MR) is 125 cm³/mol. The van der Waals surface area contributed by atoms with Crippen LogP contribution in [-0.4, -0.2) is 43.3 Å². The molecule has 0 saturated carbocycles. The fourth-order valence-corrected chi connectivity index (χ4v) is 6.35. The van der Waals surface area contributed by atoms with Crippen molar-refractivity contribution in [1.82, 2.24) is 5.43 Å². The van der Waals surface area contributed by atoms with Crippen LogP contribution in [0.1, 0.15) is 41.6 Å². The predicted octanol–water partition coefficient (Wildman–Crippen LogP) is 4.67. The number of anilines is 1. The molecule has 3 heterocycles. The van der Waals surface area contributed by atoms with E-state index < -0.39 is 0 Å². The molecule has 4 rings (SSSR count). The maximum Gasteiger partial charge on any atom is 0.277 e. The van der Waals surface area contributed by atoms with Crippen LogP contribution in [0.15, 0.2) is 45.9 Å². The van der Waals surface area contributed by atoms with Crippen LogP contribution in [0.3, 0.4) is 0 Å². The lowest BCUT2D eigenvalue weighted by Crippen LogP contribution is -2.24. The molecule has 1 aromatic heterocycles. The minimum absolute atomic E-state index is 0.0825. The first-order valence-corrected chi connectivity index (χ1v) is 12.5. The Hall–Kier alpha value is -2.06. The number of thioether (sulfide) groups is 2. The first-order chi connectivity index (χ1) is 14.8. The molecular weight excluding hydrogens is 418 g/mol. The van der Waals surface area contributed by atoms with Crippen molar-refractivity contribution in [2.45, 2.75) is 30.3 Å². The highest BCUT2D eigenvalue weighted by molar-refractivity contribution is 8.19. The maximum atomic E-state index is 12.0. The number of hydrazone groups is 1. The molecule has 0 radical (unpaired) electrons. The Morgan fingerprint density at radius 2 is 1.83 bits per heavy atom. The van der Waals surface area contributed by atoms with Gasteiger partial charge in [0.2, 0.25) is 0 Å². The number of nitrogens with zero attached hydrogens (tertiary/aromatic N) is 2. The van der Waals surface area contributed by atoms with Gasteiger partial charge in [-0.05, 0) is 36.6 Å². The lowest BCUT2D eigenvalue weighted by atomic mass is 10.2. The summed E-state index contributed by atoms with van der Waals surface area (Å²) in [5.74, 6) is 4.26. The fourth-order valence-electron chi connectivity index (χ4n) is 3.49. The second-order valence-electron chi connectivity index (χ2n) is 7.30. The van der Waals surface area contributed by atoms with Crippen molar-refractivity contribution in [3.8, 4) is 5.75 Å². The van der Waals surface area contributed by atoms with Crippen LogP contribution in [0.5, 0.6) is 5.75 Å². The zero-order valence-electron chi connectivity index (χ0n) is 16.9. The third-order valence-electron chi connectivity index (χ3n) is 5.06. The number of carbonyl (C=O) groups is 1. The molecule has 6 nitrogen and oxygen atoms in total. The molecule has 0 atom stereocenters. The van der Waals surface area contributed by atoms with E-state index in [9.17, 15) is 4.79 Å². The van der Waals surface area contributed by atoms with E-state index in [1.54, 1.807) is 0 Å². The van der Waals surface area contributed by atoms with E-state index in [4.69, 9.17) is 9.15 Å². The molecule has 1 aromatic carbocycles. The summed E-state index contributed by atoms with van der Waals surface area (Å²) in [5.41, 5.74) is 3.77. The number of ether oxygens (including phenoxy) is 1. The molecule has 160 valence electrons. The van der Waals surface area contributed by atoms with Gasteiger partial charge < -0.3 is 14.1 Å². The summed E-state index contributed by atoms with van der Waals surface area (Å²) in [5, 5.41) is 3.97. The van der Waals surface area contributed by atoms with Gasteiger partial charge in [0.25, 0.3) is 5.91 Å². The molecule has 8 heteroatoms. The Balaban J connectivity index is 1.20. The average Bonchev–Trinajstić information content (AvgIpc) is 3.40. The average molecular weight is 446 g/mol. The van der Waals surface area contributed by atoms with Gasteiger partial charge in [-0.3, -0.25) is 4.79 Å². The molecule has 2 aromatic rings. The maximum absolute atomic E-state index is 12.0. The second kappa shape index (κ2) is 10.8. The molecule has 1 amide bonds. The molecule has 1 N–H and O–H groups in total. The molecule has 0 spiro atoms. The largest absolute Gasteiger partial charge is 0.484 e. The minimum atomic E-state index is -0.309. The van der Waals surface area contributed by atoms with Crippen LogP contribution in [0.2, 0.25) is 0 Å². The van der Waals surface area contributed by atoms with Crippen molar-refractivity contribution in [3.63, 3.8) is 0 Å². The van der Waals surface area contributed by atoms with Crippen molar-refractivity contribution >= 4 is 41.5 Å². The number of nitrogens with one attached hydrogen (secondary N) is 1. The topological polar surface area (TPSA) is 67.1 Å². The van der Waals surface area contributed by atoms with E-state index in [0.29, 0.717) is 16.1 Å². The standard InChI is InChI=1S/C22H27N3O3S2/c26-20(16-27-18-7-5-17(6-8-18)22-29-13-14-30-22)24-23-15-19-9-10-21(28-19)25-11-3-1-2-4-12-25/h5-10,15,22H,1-4,11-14,16H2,(H,24,26)/b23-15-. The van der Waals surface area contributed by atoms with Crippen LogP contribution >= 0.6 is 23.5 Å².